The van der Waals surface area contributed by atoms with Gasteiger partial charge in [0.1, 0.15) is 5.75 Å². The Balaban J connectivity index is 1.89. The van der Waals surface area contributed by atoms with Crippen molar-refractivity contribution in [1.29, 1.82) is 0 Å². The van der Waals surface area contributed by atoms with Crippen LogP contribution >= 0.6 is 0 Å². The largest absolute Gasteiger partial charge is 0.495 e. The van der Waals surface area contributed by atoms with E-state index in [0.717, 1.165) is 6.20 Å². The molecule has 168 valence electrons. The third-order valence-electron chi connectivity index (χ3n) is 5.18. The molecule has 1 aromatic rings. The highest BCUT2D eigenvalue weighted by Gasteiger charge is 2.52. The number of ether oxygens (including phenoxy) is 3. The minimum absolute atomic E-state index is 0.155. The molecule has 3 rings (SSSR count). The Bertz CT molecular complexity index is 892. The zero-order valence-electron chi connectivity index (χ0n) is 18.1. The fourth-order valence-corrected chi connectivity index (χ4v) is 2.93. The maximum absolute atomic E-state index is 12.8. The first-order valence-corrected chi connectivity index (χ1v) is 9.58. The van der Waals surface area contributed by atoms with E-state index >= 15 is 0 Å². The topological polar surface area (TPSA) is 92.3 Å². The number of rotatable bonds is 5. The Hall–Kier alpha value is -2.66. The maximum atomic E-state index is 12.8. The van der Waals surface area contributed by atoms with Crippen molar-refractivity contribution in [1.82, 2.24) is 0 Å². The summed E-state index contributed by atoms with van der Waals surface area (Å²) in [5, 5.41) is 2.72. The summed E-state index contributed by atoms with van der Waals surface area (Å²) in [5.74, 6) is -3.28. The molecule has 0 unspecified atom stereocenters. The number of esters is 2. The van der Waals surface area contributed by atoms with E-state index in [0.29, 0.717) is 5.46 Å². The molecule has 0 bridgehead atoms. The minimum atomic E-state index is -3.05. The van der Waals surface area contributed by atoms with Gasteiger partial charge in [0.25, 0.3) is 5.79 Å². The first-order chi connectivity index (χ1) is 14.2. The maximum Gasteiger partial charge on any atom is 0.495 e. The molecular formula is C20H24BF2NO7. The zero-order chi connectivity index (χ0) is 23.2. The van der Waals surface area contributed by atoms with Crippen molar-refractivity contribution in [3.8, 4) is 5.75 Å². The Morgan fingerprint density at radius 1 is 0.968 bits per heavy atom. The standard InChI is InChI=1S/C20H24BF2NO7/c1-18(2)19(3,4)31-21(30-18)11-7-12(9-13(8-11)27-17(22)23)24-10-14-15(25)28-20(5,6)29-16(14)26/h7-10,17,24H,1-6H3. The van der Waals surface area contributed by atoms with Crippen LogP contribution in [0.25, 0.3) is 0 Å². The number of benzene rings is 1. The zero-order valence-corrected chi connectivity index (χ0v) is 18.1. The molecule has 0 aliphatic carbocycles. The quantitative estimate of drug-likeness (QED) is 0.324. The summed E-state index contributed by atoms with van der Waals surface area (Å²) in [4.78, 5) is 24.2. The first-order valence-electron chi connectivity index (χ1n) is 9.58. The molecule has 0 amide bonds. The lowest BCUT2D eigenvalue weighted by Gasteiger charge is -2.32. The van der Waals surface area contributed by atoms with Gasteiger partial charge in [-0.15, -0.1) is 0 Å². The van der Waals surface area contributed by atoms with Crippen LogP contribution < -0.4 is 15.5 Å². The van der Waals surface area contributed by atoms with Crippen molar-refractivity contribution in [2.45, 2.75) is 65.1 Å². The molecule has 11 heteroatoms. The highest BCUT2D eigenvalue weighted by atomic mass is 19.3. The fourth-order valence-electron chi connectivity index (χ4n) is 2.93. The number of cyclic esters (lactones) is 2. The molecule has 0 spiro atoms. The smallest absolute Gasteiger partial charge is 0.435 e. The molecule has 0 saturated carbocycles. The van der Waals surface area contributed by atoms with Crippen molar-refractivity contribution >= 4 is 30.2 Å². The second-order valence-electron chi connectivity index (χ2n) is 8.64. The average Bonchev–Trinajstić information content (AvgIpc) is 2.80. The van der Waals surface area contributed by atoms with Crippen LogP contribution in [0.15, 0.2) is 30.0 Å². The van der Waals surface area contributed by atoms with Crippen molar-refractivity contribution in [2.75, 3.05) is 5.32 Å². The highest BCUT2D eigenvalue weighted by molar-refractivity contribution is 6.62. The van der Waals surface area contributed by atoms with E-state index in [1.807, 2.05) is 27.7 Å². The summed E-state index contributed by atoms with van der Waals surface area (Å²) >= 11 is 0. The predicted octanol–water partition coefficient (Wildman–Crippen LogP) is 2.72. The summed E-state index contributed by atoms with van der Waals surface area (Å²) in [7, 11) is -0.843. The van der Waals surface area contributed by atoms with Gasteiger partial charge >= 0.3 is 25.7 Å². The van der Waals surface area contributed by atoms with Crippen molar-refractivity contribution in [3.63, 3.8) is 0 Å². The summed E-state index contributed by atoms with van der Waals surface area (Å²) in [5.41, 5.74) is -1.00. The van der Waals surface area contributed by atoms with E-state index in [9.17, 15) is 18.4 Å². The van der Waals surface area contributed by atoms with Gasteiger partial charge in [-0.25, -0.2) is 9.59 Å². The van der Waals surface area contributed by atoms with E-state index < -0.39 is 42.7 Å². The summed E-state index contributed by atoms with van der Waals surface area (Å²) in [6.45, 7) is 7.24. The van der Waals surface area contributed by atoms with Gasteiger partial charge in [0, 0.05) is 31.8 Å². The first kappa shape index (κ1) is 23.0. The fraction of sp³-hybridized carbons (Fsp3) is 0.500. The number of alkyl halides is 2. The van der Waals surface area contributed by atoms with Crippen LogP contribution in [0.3, 0.4) is 0 Å². The number of hydrogen-bond acceptors (Lipinski definition) is 8. The number of hydrogen-bond donors (Lipinski definition) is 1. The Kier molecular flexibility index (Phi) is 5.79. The molecule has 2 saturated heterocycles. The van der Waals surface area contributed by atoms with E-state index in [4.69, 9.17) is 18.8 Å². The van der Waals surface area contributed by atoms with Crippen LogP contribution in [0.2, 0.25) is 0 Å². The summed E-state index contributed by atoms with van der Waals surface area (Å²) < 4.78 is 52.1. The number of nitrogens with one attached hydrogen (secondary N) is 1. The Morgan fingerprint density at radius 2 is 1.52 bits per heavy atom. The van der Waals surface area contributed by atoms with Gasteiger partial charge in [-0.2, -0.15) is 8.78 Å². The lowest BCUT2D eigenvalue weighted by Crippen LogP contribution is -2.42. The molecule has 0 aromatic heterocycles. The van der Waals surface area contributed by atoms with Crippen LogP contribution in [0, 0.1) is 0 Å². The number of carbonyl (C=O) groups excluding carboxylic acids is 2. The molecule has 2 fully saturated rings. The van der Waals surface area contributed by atoms with Crippen molar-refractivity contribution in [3.05, 3.63) is 30.0 Å². The predicted molar refractivity (Wildman–Crippen MR) is 107 cm³/mol. The van der Waals surface area contributed by atoms with E-state index in [-0.39, 0.29) is 17.0 Å². The normalized spacial score (nSPS) is 21.6. The molecule has 2 aliphatic rings. The second-order valence-corrected chi connectivity index (χ2v) is 8.64. The molecule has 0 atom stereocenters. The Labute approximate surface area is 179 Å². The van der Waals surface area contributed by atoms with Crippen LogP contribution in [0.1, 0.15) is 41.5 Å². The van der Waals surface area contributed by atoms with Gasteiger partial charge in [-0.3, -0.25) is 0 Å². The van der Waals surface area contributed by atoms with Crippen LogP contribution in [0.5, 0.6) is 5.75 Å². The second kappa shape index (κ2) is 7.79. The molecular weight excluding hydrogens is 415 g/mol. The molecule has 8 nitrogen and oxygen atoms in total. The molecule has 2 aliphatic heterocycles. The number of carbonyl (C=O) groups is 2. The molecule has 1 N–H and O–H groups in total. The number of anilines is 1. The third kappa shape index (κ3) is 4.99. The van der Waals surface area contributed by atoms with E-state index in [2.05, 4.69) is 10.1 Å². The molecule has 0 radical (unpaired) electrons. The van der Waals surface area contributed by atoms with Gasteiger partial charge < -0.3 is 28.8 Å². The molecule has 31 heavy (non-hydrogen) atoms. The van der Waals surface area contributed by atoms with Crippen molar-refractivity contribution in [2.24, 2.45) is 0 Å². The monoisotopic (exact) mass is 439 g/mol. The molecule has 2 heterocycles. The Morgan fingerprint density at radius 3 is 2.03 bits per heavy atom. The van der Waals surface area contributed by atoms with Gasteiger partial charge in [0.2, 0.25) is 0 Å². The third-order valence-corrected chi connectivity index (χ3v) is 5.18. The summed E-state index contributed by atoms with van der Waals surface area (Å²) in [6, 6.07) is 4.22. The van der Waals surface area contributed by atoms with Gasteiger partial charge in [0.15, 0.2) is 5.57 Å². The van der Waals surface area contributed by atoms with Crippen LogP contribution in [-0.2, 0) is 28.4 Å². The minimum Gasteiger partial charge on any atom is -0.435 e. The van der Waals surface area contributed by atoms with Crippen LogP contribution in [0.4, 0.5) is 14.5 Å². The number of halogens is 2. The van der Waals surface area contributed by atoms with Gasteiger partial charge in [-0.1, -0.05) is 0 Å². The van der Waals surface area contributed by atoms with Crippen molar-refractivity contribution < 1.29 is 41.9 Å². The van der Waals surface area contributed by atoms with E-state index in [1.54, 1.807) is 6.07 Å². The van der Waals surface area contributed by atoms with E-state index in [1.165, 1.54) is 26.0 Å². The SMILES string of the molecule is CC1(C)OC(=O)C(=CNc2cc(OC(F)F)cc(B3OC(C)(C)C(C)(C)O3)c2)C(=O)O1. The van der Waals surface area contributed by atoms with Crippen LogP contribution in [-0.4, -0.2) is 42.7 Å². The average molecular weight is 439 g/mol. The lowest BCUT2D eigenvalue weighted by molar-refractivity contribution is -0.222. The van der Waals surface area contributed by atoms with Gasteiger partial charge in [0.05, 0.1) is 11.2 Å². The lowest BCUT2D eigenvalue weighted by atomic mass is 9.79. The molecule has 1 aromatic carbocycles. The highest BCUT2D eigenvalue weighted by Crippen LogP contribution is 2.37. The van der Waals surface area contributed by atoms with Gasteiger partial charge in [-0.05, 0) is 45.3 Å². The summed E-state index contributed by atoms with van der Waals surface area (Å²) in [6.07, 6.45) is 1.08.